The van der Waals surface area contributed by atoms with Gasteiger partial charge in [0.05, 0.1) is 0 Å². The van der Waals surface area contributed by atoms with Gasteiger partial charge in [-0.05, 0) is 13.0 Å². The normalized spacial score (nSPS) is 15.7. The highest BCUT2D eigenvalue weighted by Crippen LogP contribution is 2.17. The average Bonchev–Trinajstić information content (AvgIpc) is 2.05. The summed E-state index contributed by atoms with van der Waals surface area (Å²) in [7, 11) is 0. The Kier molecular flexibility index (Phi) is 2.40. The number of hydrogen-bond donors (Lipinski definition) is 2. The van der Waals surface area contributed by atoms with E-state index in [4.69, 9.17) is 5.73 Å². The third kappa shape index (κ3) is 1.78. The first kappa shape index (κ1) is 9.09. The van der Waals surface area contributed by atoms with Crippen molar-refractivity contribution in [2.45, 2.75) is 12.5 Å². The van der Waals surface area contributed by atoms with Gasteiger partial charge in [-0.15, -0.1) is 0 Å². The molecule has 0 spiro atoms. The van der Waals surface area contributed by atoms with Gasteiger partial charge in [-0.25, -0.2) is 4.98 Å². The SMILES string of the molecule is CC(O)(CN)c1ccc(F)nc1. The molecule has 0 fully saturated rings. The molecule has 0 aliphatic carbocycles. The van der Waals surface area contributed by atoms with Gasteiger partial charge >= 0.3 is 0 Å². The summed E-state index contributed by atoms with van der Waals surface area (Å²) in [5.41, 5.74) is 4.70. The third-order valence-corrected chi connectivity index (χ3v) is 1.75. The maximum atomic E-state index is 12.4. The molecule has 1 rings (SSSR count). The molecule has 4 heteroatoms. The maximum Gasteiger partial charge on any atom is 0.212 e. The van der Waals surface area contributed by atoms with Crippen molar-refractivity contribution in [2.75, 3.05) is 6.54 Å². The van der Waals surface area contributed by atoms with Crippen molar-refractivity contribution in [1.82, 2.24) is 4.98 Å². The summed E-state index contributed by atoms with van der Waals surface area (Å²) >= 11 is 0. The van der Waals surface area contributed by atoms with Crippen LogP contribution in [0.25, 0.3) is 0 Å². The van der Waals surface area contributed by atoms with E-state index in [1.807, 2.05) is 0 Å². The second-order valence-electron chi connectivity index (χ2n) is 2.85. The summed E-state index contributed by atoms with van der Waals surface area (Å²) in [5.74, 6) is -0.563. The summed E-state index contributed by atoms with van der Waals surface area (Å²) in [6.45, 7) is 1.64. The fourth-order valence-electron chi connectivity index (χ4n) is 0.812. The lowest BCUT2D eigenvalue weighted by Crippen LogP contribution is -2.31. The van der Waals surface area contributed by atoms with Crippen molar-refractivity contribution in [3.63, 3.8) is 0 Å². The molecule has 1 unspecified atom stereocenters. The molecule has 0 saturated carbocycles. The minimum atomic E-state index is -1.12. The van der Waals surface area contributed by atoms with Crippen LogP contribution in [0.5, 0.6) is 0 Å². The maximum absolute atomic E-state index is 12.4. The number of pyridine rings is 1. The summed E-state index contributed by atoms with van der Waals surface area (Å²) in [6, 6.07) is 2.66. The van der Waals surface area contributed by atoms with Crippen LogP contribution in [0.4, 0.5) is 4.39 Å². The summed E-state index contributed by atoms with van der Waals surface area (Å²) in [5, 5.41) is 9.60. The van der Waals surface area contributed by atoms with Gasteiger partial charge in [0.1, 0.15) is 5.60 Å². The van der Waals surface area contributed by atoms with Gasteiger partial charge in [-0.3, -0.25) is 0 Å². The Morgan fingerprint density at radius 2 is 2.33 bits per heavy atom. The Hall–Kier alpha value is -1.00. The van der Waals surface area contributed by atoms with Crippen molar-refractivity contribution in [2.24, 2.45) is 5.73 Å². The highest BCUT2D eigenvalue weighted by Gasteiger charge is 2.20. The fourth-order valence-corrected chi connectivity index (χ4v) is 0.812. The van der Waals surface area contributed by atoms with Crippen LogP contribution in [0, 0.1) is 5.95 Å². The molecule has 12 heavy (non-hydrogen) atoms. The number of nitrogens with zero attached hydrogens (tertiary/aromatic N) is 1. The standard InChI is InChI=1S/C8H11FN2O/c1-8(12,5-10)6-2-3-7(9)11-4-6/h2-4,12H,5,10H2,1H3. The first-order valence-electron chi connectivity index (χ1n) is 3.61. The highest BCUT2D eigenvalue weighted by molar-refractivity contribution is 5.17. The van der Waals surface area contributed by atoms with Crippen LogP contribution in [-0.2, 0) is 5.60 Å². The first-order valence-corrected chi connectivity index (χ1v) is 3.61. The first-order chi connectivity index (χ1) is 5.56. The molecule has 3 nitrogen and oxygen atoms in total. The van der Waals surface area contributed by atoms with E-state index in [0.29, 0.717) is 5.56 Å². The van der Waals surface area contributed by atoms with E-state index < -0.39 is 11.5 Å². The van der Waals surface area contributed by atoms with Crippen molar-refractivity contribution < 1.29 is 9.50 Å². The van der Waals surface area contributed by atoms with Crippen molar-refractivity contribution in [1.29, 1.82) is 0 Å². The molecule has 66 valence electrons. The second kappa shape index (κ2) is 3.16. The monoisotopic (exact) mass is 170 g/mol. The summed E-state index contributed by atoms with van der Waals surface area (Å²) in [6.07, 6.45) is 1.28. The molecule has 3 N–H and O–H groups in total. The van der Waals surface area contributed by atoms with Crippen LogP contribution < -0.4 is 5.73 Å². The molecule has 0 aliphatic heterocycles. The van der Waals surface area contributed by atoms with Gasteiger partial charge in [0.2, 0.25) is 5.95 Å². The molecule has 0 saturated heterocycles. The minimum absolute atomic E-state index is 0.0836. The molecule has 0 amide bonds. The Morgan fingerprint density at radius 1 is 1.67 bits per heavy atom. The predicted molar refractivity (Wildman–Crippen MR) is 42.8 cm³/mol. The van der Waals surface area contributed by atoms with Gasteiger partial charge in [0.15, 0.2) is 0 Å². The zero-order chi connectivity index (χ0) is 9.19. The van der Waals surface area contributed by atoms with E-state index >= 15 is 0 Å². The number of aromatic nitrogens is 1. The van der Waals surface area contributed by atoms with Gasteiger partial charge < -0.3 is 10.8 Å². The predicted octanol–water partition coefficient (Wildman–Crippen LogP) is 0.387. The lowest BCUT2D eigenvalue weighted by molar-refractivity contribution is 0.0663. The van der Waals surface area contributed by atoms with E-state index in [1.165, 1.54) is 18.3 Å². The largest absolute Gasteiger partial charge is 0.384 e. The van der Waals surface area contributed by atoms with Crippen LogP contribution in [0.3, 0.4) is 0 Å². The minimum Gasteiger partial charge on any atom is -0.384 e. The van der Waals surface area contributed by atoms with Crippen molar-refractivity contribution >= 4 is 0 Å². The summed E-state index contributed by atoms with van der Waals surface area (Å²) < 4.78 is 12.4. The van der Waals surface area contributed by atoms with Crippen LogP contribution in [-0.4, -0.2) is 16.6 Å². The topological polar surface area (TPSA) is 59.1 Å². The van der Waals surface area contributed by atoms with Gasteiger partial charge in [-0.2, -0.15) is 4.39 Å². The lowest BCUT2D eigenvalue weighted by Gasteiger charge is -2.20. The lowest BCUT2D eigenvalue weighted by atomic mass is 9.98. The van der Waals surface area contributed by atoms with Crippen molar-refractivity contribution in [3.05, 3.63) is 29.8 Å². The Balaban J connectivity index is 2.96. The zero-order valence-electron chi connectivity index (χ0n) is 6.79. The van der Waals surface area contributed by atoms with Crippen LogP contribution >= 0.6 is 0 Å². The summed E-state index contributed by atoms with van der Waals surface area (Å²) in [4.78, 5) is 3.41. The Morgan fingerprint density at radius 3 is 2.75 bits per heavy atom. The van der Waals surface area contributed by atoms with E-state index in [9.17, 15) is 9.50 Å². The van der Waals surface area contributed by atoms with Crippen molar-refractivity contribution in [3.8, 4) is 0 Å². The molecule has 0 radical (unpaired) electrons. The molecule has 0 aliphatic rings. The van der Waals surface area contributed by atoms with E-state index in [-0.39, 0.29) is 6.54 Å². The van der Waals surface area contributed by atoms with Crippen LogP contribution in [0.1, 0.15) is 12.5 Å². The molecule has 1 atom stereocenters. The second-order valence-corrected chi connectivity index (χ2v) is 2.85. The number of rotatable bonds is 2. The number of hydrogen-bond acceptors (Lipinski definition) is 3. The van der Waals surface area contributed by atoms with Gasteiger partial charge in [0.25, 0.3) is 0 Å². The molecule has 0 bridgehead atoms. The Bertz CT molecular complexity index is 258. The molecular formula is C8H11FN2O. The van der Waals surface area contributed by atoms with Gasteiger partial charge in [0, 0.05) is 18.3 Å². The van der Waals surface area contributed by atoms with E-state index in [0.717, 1.165) is 0 Å². The number of halogens is 1. The van der Waals surface area contributed by atoms with E-state index in [2.05, 4.69) is 4.98 Å². The van der Waals surface area contributed by atoms with Crippen LogP contribution in [0.2, 0.25) is 0 Å². The van der Waals surface area contributed by atoms with Gasteiger partial charge in [-0.1, -0.05) is 6.07 Å². The molecule has 1 heterocycles. The third-order valence-electron chi connectivity index (χ3n) is 1.75. The molecule has 1 aromatic heterocycles. The quantitative estimate of drug-likeness (QED) is 0.631. The number of nitrogens with two attached hydrogens (primary N) is 1. The fraction of sp³-hybridized carbons (Fsp3) is 0.375. The smallest absolute Gasteiger partial charge is 0.212 e. The number of aliphatic hydroxyl groups is 1. The average molecular weight is 170 g/mol. The Labute approximate surface area is 70.0 Å². The van der Waals surface area contributed by atoms with Crippen LogP contribution in [0.15, 0.2) is 18.3 Å². The zero-order valence-corrected chi connectivity index (χ0v) is 6.79. The molecule has 1 aromatic rings. The highest BCUT2D eigenvalue weighted by atomic mass is 19.1. The molecular weight excluding hydrogens is 159 g/mol. The van der Waals surface area contributed by atoms with E-state index in [1.54, 1.807) is 6.92 Å². The molecule has 0 aromatic carbocycles.